The molecule has 0 bridgehead atoms. The Morgan fingerprint density at radius 1 is 1.24 bits per heavy atom. The molecule has 1 fully saturated rings. The third kappa shape index (κ3) is 4.14. The molecule has 1 N–H and O–H groups in total. The molecule has 2 rings (SSSR count). The van der Waals surface area contributed by atoms with Crippen molar-refractivity contribution in [1.29, 1.82) is 0 Å². The maximum absolute atomic E-state index is 6.08. The predicted molar refractivity (Wildman–Crippen MR) is 71.7 cm³/mol. The fraction of sp³-hybridized carbons (Fsp3) is 0.538. The lowest BCUT2D eigenvalue weighted by atomic mass is 9.99. The molecule has 0 saturated carbocycles. The van der Waals surface area contributed by atoms with Crippen LogP contribution in [0, 0.1) is 5.92 Å². The van der Waals surface area contributed by atoms with Crippen LogP contribution in [0.15, 0.2) is 18.2 Å². The average Bonchev–Trinajstić information content (AvgIpc) is 2.33. The molecule has 1 heterocycles. The highest BCUT2D eigenvalue weighted by Crippen LogP contribution is 2.22. The Bertz CT molecular complexity index is 364. The maximum atomic E-state index is 6.08. The predicted octanol–water partition coefficient (Wildman–Crippen LogP) is 3.51. The second-order valence-corrected chi connectivity index (χ2v) is 5.29. The van der Waals surface area contributed by atoms with Crippen molar-refractivity contribution in [3.05, 3.63) is 33.8 Å². The lowest BCUT2D eigenvalue weighted by Gasteiger charge is -2.22. The van der Waals surface area contributed by atoms with Crippen LogP contribution in [-0.4, -0.2) is 19.7 Å². The second-order valence-electron chi connectivity index (χ2n) is 4.44. The van der Waals surface area contributed by atoms with Crippen molar-refractivity contribution in [1.82, 2.24) is 5.32 Å². The van der Waals surface area contributed by atoms with Gasteiger partial charge in [-0.3, -0.25) is 0 Å². The zero-order chi connectivity index (χ0) is 12.1. The quantitative estimate of drug-likeness (QED) is 0.907. The Kier molecular flexibility index (Phi) is 5.11. The Morgan fingerprint density at radius 3 is 2.71 bits per heavy atom. The summed E-state index contributed by atoms with van der Waals surface area (Å²) in [6.07, 6.45) is 2.41. The number of rotatable bonds is 4. The average molecular weight is 274 g/mol. The molecule has 0 unspecified atom stereocenters. The molecular formula is C13H17Cl2NO. The Labute approximate surface area is 112 Å². The van der Waals surface area contributed by atoms with Crippen molar-refractivity contribution < 1.29 is 4.74 Å². The highest BCUT2D eigenvalue weighted by atomic mass is 35.5. The minimum absolute atomic E-state index is 0.569. The van der Waals surface area contributed by atoms with E-state index in [-0.39, 0.29) is 0 Å². The summed E-state index contributed by atoms with van der Waals surface area (Å²) in [5.41, 5.74) is 1.00. The van der Waals surface area contributed by atoms with Crippen LogP contribution in [0.5, 0.6) is 0 Å². The number of piperidine rings is 1. The molecular weight excluding hydrogens is 257 g/mol. The van der Waals surface area contributed by atoms with Gasteiger partial charge in [0.1, 0.15) is 0 Å². The molecule has 1 aromatic carbocycles. The number of ether oxygens (including phenoxy) is 1. The van der Waals surface area contributed by atoms with E-state index in [2.05, 4.69) is 5.32 Å². The van der Waals surface area contributed by atoms with Gasteiger partial charge in [-0.15, -0.1) is 0 Å². The first-order valence-electron chi connectivity index (χ1n) is 5.98. The summed E-state index contributed by atoms with van der Waals surface area (Å²) in [6.45, 7) is 3.60. The van der Waals surface area contributed by atoms with Gasteiger partial charge >= 0.3 is 0 Å². The van der Waals surface area contributed by atoms with Gasteiger partial charge in [-0.25, -0.2) is 0 Å². The van der Waals surface area contributed by atoms with Crippen molar-refractivity contribution in [3.63, 3.8) is 0 Å². The van der Waals surface area contributed by atoms with Crippen LogP contribution in [0.1, 0.15) is 18.4 Å². The van der Waals surface area contributed by atoms with E-state index in [1.807, 2.05) is 12.1 Å². The van der Waals surface area contributed by atoms with Crippen molar-refractivity contribution >= 4 is 23.2 Å². The highest BCUT2D eigenvalue weighted by molar-refractivity contribution is 6.35. The molecule has 17 heavy (non-hydrogen) atoms. The fourth-order valence-electron chi connectivity index (χ4n) is 2.02. The molecule has 0 spiro atoms. The van der Waals surface area contributed by atoms with E-state index in [4.69, 9.17) is 27.9 Å². The van der Waals surface area contributed by atoms with Gasteiger partial charge in [-0.1, -0.05) is 29.3 Å². The van der Waals surface area contributed by atoms with E-state index >= 15 is 0 Å². The second kappa shape index (κ2) is 6.60. The van der Waals surface area contributed by atoms with Crippen molar-refractivity contribution in [2.75, 3.05) is 19.7 Å². The van der Waals surface area contributed by atoms with E-state index < -0.39 is 0 Å². The molecule has 0 atom stereocenters. The van der Waals surface area contributed by atoms with E-state index in [1.54, 1.807) is 6.07 Å². The number of hydrogen-bond acceptors (Lipinski definition) is 2. The number of nitrogens with one attached hydrogen (secondary N) is 1. The van der Waals surface area contributed by atoms with Gasteiger partial charge in [-0.05, 0) is 49.5 Å². The number of benzene rings is 1. The summed E-state index contributed by atoms with van der Waals surface area (Å²) in [7, 11) is 0. The summed E-state index contributed by atoms with van der Waals surface area (Å²) in [6, 6.07) is 5.52. The van der Waals surface area contributed by atoms with Gasteiger partial charge in [0, 0.05) is 16.7 Å². The maximum Gasteiger partial charge on any atom is 0.0731 e. The van der Waals surface area contributed by atoms with E-state index in [0.29, 0.717) is 22.6 Å². The van der Waals surface area contributed by atoms with Gasteiger partial charge in [-0.2, -0.15) is 0 Å². The standard InChI is InChI=1S/C13H17Cl2NO/c14-12-2-1-11(13(15)7-12)9-17-8-10-3-5-16-6-4-10/h1-2,7,10,16H,3-6,8-9H2. The monoisotopic (exact) mass is 273 g/mol. The Balaban J connectivity index is 1.77. The van der Waals surface area contributed by atoms with Gasteiger partial charge < -0.3 is 10.1 Å². The van der Waals surface area contributed by atoms with Gasteiger partial charge in [0.15, 0.2) is 0 Å². The van der Waals surface area contributed by atoms with Crippen LogP contribution in [0.25, 0.3) is 0 Å². The van der Waals surface area contributed by atoms with Crippen LogP contribution < -0.4 is 5.32 Å². The molecule has 1 aliphatic heterocycles. The zero-order valence-electron chi connectivity index (χ0n) is 9.72. The molecule has 94 valence electrons. The van der Waals surface area contributed by atoms with Gasteiger partial charge in [0.2, 0.25) is 0 Å². The Morgan fingerprint density at radius 2 is 2.00 bits per heavy atom. The molecule has 2 nitrogen and oxygen atoms in total. The van der Waals surface area contributed by atoms with Crippen LogP contribution in [0.3, 0.4) is 0 Å². The molecule has 1 saturated heterocycles. The third-order valence-corrected chi connectivity index (χ3v) is 3.67. The molecule has 0 aromatic heterocycles. The lowest BCUT2D eigenvalue weighted by Crippen LogP contribution is -2.29. The first-order valence-corrected chi connectivity index (χ1v) is 6.73. The first-order chi connectivity index (χ1) is 8.25. The summed E-state index contributed by atoms with van der Waals surface area (Å²) in [5, 5.41) is 4.69. The van der Waals surface area contributed by atoms with Crippen LogP contribution in [-0.2, 0) is 11.3 Å². The summed E-state index contributed by atoms with van der Waals surface area (Å²) in [5.74, 6) is 0.683. The SMILES string of the molecule is Clc1ccc(COCC2CCNCC2)c(Cl)c1. The van der Waals surface area contributed by atoms with Crippen LogP contribution in [0.2, 0.25) is 10.0 Å². The first kappa shape index (κ1) is 13.2. The highest BCUT2D eigenvalue weighted by Gasteiger charge is 2.13. The fourth-order valence-corrected chi connectivity index (χ4v) is 2.49. The largest absolute Gasteiger partial charge is 0.376 e. The van der Waals surface area contributed by atoms with Crippen LogP contribution in [0.4, 0.5) is 0 Å². The molecule has 0 amide bonds. The minimum atomic E-state index is 0.569. The summed E-state index contributed by atoms with van der Waals surface area (Å²) in [4.78, 5) is 0. The third-order valence-electron chi connectivity index (χ3n) is 3.08. The Hall–Kier alpha value is -0.280. The number of hydrogen-bond donors (Lipinski definition) is 1. The lowest BCUT2D eigenvalue weighted by molar-refractivity contribution is 0.0764. The number of halogens is 2. The zero-order valence-corrected chi connectivity index (χ0v) is 11.2. The molecule has 1 aliphatic rings. The van der Waals surface area contributed by atoms with E-state index in [1.165, 1.54) is 12.8 Å². The summed E-state index contributed by atoms with van der Waals surface area (Å²) >= 11 is 11.9. The molecule has 4 heteroatoms. The van der Waals surface area contributed by atoms with E-state index in [9.17, 15) is 0 Å². The molecule has 0 radical (unpaired) electrons. The van der Waals surface area contributed by atoms with E-state index in [0.717, 1.165) is 25.3 Å². The van der Waals surface area contributed by atoms with Gasteiger partial charge in [0.05, 0.1) is 6.61 Å². The normalized spacial score (nSPS) is 17.3. The molecule has 1 aromatic rings. The minimum Gasteiger partial charge on any atom is -0.376 e. The van der Waals surface area contributed by atoms with Crippen molar-refractivity contribution in [2.24, 2.45) is 5.92 Å². The van der Waals surface area contributed by atoms with Crippen LogP contribution >= 0.6 is 23.2 Å². The smallest absolute Gasteiger partial charge is 0.0731 e. The summed E-state index contributed by atoms with van der Waals surface area (Å²) < 4.78 is 5.72. The molecule has 0 aliphatic carbocycles. The van der Waals surface area contributed by atoms with Crippen molar-refractivity contribution in [2.45, 2.75) is 19.4 Å². The van der Waals surface area contributed by atoms with Crippen molar-refractivity contribution in [3.8, 4) is 0 Å². The van der Waals surface area contributed by atoms with Gasteiger partial charge in [0.25, 0.3) is 0 Å². The topological polar surface area (TPSA) is 21.3 Å².